The Morgan fingerprint density at radius 2 is 1.92 bits per heavy atom. The summed E-state index contributed by atoms with van der Waals surface area (Å²) in [4.78, 5) is 12.9. The molecule has 0 aromatic rings. The van der Waals surface area contributed by atoms with Gasteiger partial charge in [-0.05, 0) is 19.3 Å². The lowest BCUT2D eigenvalue weighted by Crippen LogP contribution is -2.56. The third kappa shape index (κ3) is 1.22. The van der Waals surface area contributed by atoms with Gasteiger partial charge in [-0.2, -0.15) is 0 Å². The van der Waals surface area contributed by atoms with Crippen molar-refractivity contribution in [3.63, 3.8) is 0 Å². The predicted octanol–water partition coefficient (Wildman–Crippen LogP) is 1.09. The maximum atomic E-state index is 10.7. The van der Waals surface area contributed by atoms with Crippen LogP contribution in [0.25, 0.3) is 0 Å². The summed E-state index contributed by atoms with van der Waals surface area (Å²) >= 11 is 0. The summed E-state index contributed by atoms with van der Waals surface area (Å²) < 4.78 is 0. The maximum Gasteiger partial charge on any atom is 0.320 e. The minimum atomic E-state index is -0.631. The molecule has 1 N–H and O–H groups in total. The Morgan fingerprint density at radius 1 is 1.25 bits per heavy atom. The molecule has 3 nitrogen and oxygen atoms in total. The van der Waals surface area contributed by atoms with Crippen LogP contribution in [0.4, 0.5) is 0 Å². The summed E-state index contributed by atoms with van der Waals surface area (Å²) in [5.74, 6) is -0.631. The fourth-order valence-corrected chi connectivity index (χ4v) is 2.35. The van der Waals surface area contributed by atoms with Crippen LogP contribution >= 0.6 is 0 Å². The highest BCUT2D eigenvalue weighted by molar-refractivity contribution is 5.74. The van der Waals surface area contributed by atoms with Crippen LogP contribution in [0.1, 0.15) is 32.1 Å². The first-order valence-corrected chi connectivity index (χ1v) is 4.77. The van der Waals surface area contributed by atoms with Crippen molar-refractivity contribution in [1.82, 2.24) is 4.90 Å². The van der Waals surface area contributed by atoms with Gasteiger partial charge in [0.1, 0.15) is 6.04 Å². The summed E-state index contributed by atoms with van der Waals surface area (Å²) in [7, 11) is 0. The number of carbonyl (C=O) groups is 1. The Hall–Kier alpha value is -0.570. The predicted molar refractivity (Wildman–Crippen MR) is 45.0 cm³/mol. The van der Waals surface area contributed by atoms with Gasteiger partial charge in [0.25, 0.3) is 0 Å². The van der Waals surface area contributed by atoms with Gasteiger partial charge in [0.15, 0.2) is 0 Å². The van der Waals surface area contributed by atoms with E-state index in [9.17, 15) is 4.79 Å². The van der Waals surface area contributed by atoms with Gasteiger partial charge in [-0.3, -0.25) is 9.69 Å². The van der Waals surface area contributed by atoms with E-state index in [1.165, 1.54) is 25.7 Å². The molecule has 0 aromatic carbocycles. The Balaban J connectivity index is 1.91. The van der Waals surface area contributed by atoms with Crippen molar-refractivity contribution in [2.45, 2.75) is 44.2 Å². The Kier molecular flexibility index (Phi) is 2.05. The number of carboxylic acids is 1. The van der Waals surface area contributed by atoms with Crippen LogP contribution in [0.5, 0.6) is 0 Å². The van der Waals surface area contributed by atoms with E-state index < -0.39 is 5.97 Å². The van der Waals surface area contributed by atoms with E-state index in [1.54, 1.807) is 0 Å². The Morgan fingerprint density at radius 3 is 2.33 bits per heavy atom. The zero-order valence-corrected chi connectivity index (χ0v) is 7.20. The molecule has 1 aliphatic heterocycles. The summed E-state index contributed by atoms with van der Waals surface area (Å²) in [6.45, 7) is 1.00. The highest BCUT2D eigenvalue weighted by Crippen LogP contribution is 2.30. The number of hydrogen-bond acceptors (Lipinski definition) is 2. The molecule has 68 valence electrons. The third-order valence-electron chi connectivity index (χ3n) is 3.14. The van der Waals surface area contributed by atoms with E-state index in [1.807, 2.05) is 0 Å². The van der Waals surface area contributed by atoms with Crippen LogP contribution in [-0.2, 0) is 4.79 Å². The van der Waals surface area contributed by atoms with Crippen LogP contribution in [0.15, 0.2) is 0 Å². The zero-order chi connectivity index (χ0) is 8.55. The largest absolute Gasteiger partial charge is 0.480 e. The number of carboxylic acid groups (broad SMARTS) is 1. The lowest BCUT2D eigenvalue weighted by Gasteiger charge is -2.42. The molecule has 1 saturated carbocycles. The van der Waals surface area contributed by atoms with Crippen molar-refractivity contribution in [1.29, 1.82) is 0 Å². The Bertz CT molecular complexity index is 187. The van der Waals surface area contributed by atoms with Gasteiger partial charge in [-0.1, -0.05) is 12.8 Å². The molecule has 2 aliphatic rings. The van der Waals surface area contributed by atoms with Crippen LogP contribution in [0, 0.1) is 0 Å². The maximum absolute atomic E-state index is 10.7. The van der Waals surface area contributed by atoms with E-state index >= 15 is 0 Å². The monoisotopic (exact) mass is 169 g/mol. The van der Waals surface area contributed by atoms with Crippen LogP contribution in [0.2, 0.25) is 0 Å². The molecule has 2 fully saturated rings. The molecule has 1 saturated heterocycles. The van der Waals surface area contributed by atoms with Gasteiger partial charge in [-0.25, -0.2) is 0 Å². The van der Waals surface area contributed by atoms with Gasteiger partial charge in [0.05, 0.1) is 0 Å². The molecular weight excluding hydrogens is 154 g/mol. The number of hydrogen-bond donors (Lipinski definition) is 1. The number of nitrogens with zero attached hydrogens (tertiary/aromatic N) is 1. The first kappa shape index (κ1) is 8.05. The molecule has 2 rings (SSSR count). The van der Waals surface area contributed by atoms with E-state index in [0.717, 1.165) is 13.0 Å². The van der Waals surface area contributed by atoms with Crippen molar-refractivity contribution in [2.75, 3.05) is 6.54 Å². The fraction of sp³-hybridized carbons (Fsp3) is 0.889. The first-order valence-electron chi connectivity index (χ1n) is 4.77. The number of aliphatic carboxylic acids is 1. The molecule has 0 amide bonds. The molecule has 1 atom stereocenters. The normalized spacial score (nSPS) is 31.8. The van der Waals surface area contributed by atoms with Crippen LogP contribution in [-0.4, -0.2) is 34.6 Å². The molecular formula is C9H15NO2. The first-order chi connectivity index (χ1) is 5.79. The van der Waals surface area contributed by atoms with Crippen molar-refractivity contribution in [2.24, 2.45) is 0 Å². The standard InChI is InChI=1S/C9H15NO2/c11-9(12)8-5-6-10(8)7-3-1-2-4-7/h7-8H,1-6H2,(H,11,12). The highest BCUT2D eigenvalue weighted by Gasteiger charge is 2.39. The van der Waals surface area contributed by atoms with Crippen molar-refractivity contribution >= 4 is 5.97 Å². The van der Waals surface area contributed by atoms with Gasteiger partial charge in [0, 0.05) is 12.6 Å². The van der Waals surface area contributed by atoms with E-state index in [4.69, 9.17) is 5.11 Å². The second kappa shape index (κ2) is 3.05. The molecule has 12 heavy (non-hydrogen) atoms. The van der Waals surface area contributed by atoms with Crippen molar-refractivity contribution < 1.29 is 9.90 Å². The molecule has 1 aliphatic carbocycles. The Labute approximate surface area is 72.4 Å². The molecule has 0 bridgehead atoms. The van der Waals surface area contributed by atoms with E-state index in [0.29, 0.717) is 6.04 Å². The quantitative estimate of drug-likeness (QED) is 0.672. The summed E-state index contributed by atoms with van der Waals surface area (Å²) in [6, 6.07) is 0.424. The summed E-state index contributed by atoms with van der Waals surface area (Å²) in [6.07, 6.45) is 5.85. The number of rotatable bonds is 2. The molecule has 0 radical (unpaired) electrons. The van der Waals surface area contributed by atoms with Crippen LogP contribution in [0.3, 0.4) is 0 Å². The zero-order valence-electron chi connectivity index (χ0n) is 7.20. The fourth-order valence-electron chi connectivity index (χ4n) is 2.35. The second-order valence-corrected chi connectivity index (χ2v) is 3.82. The van der Waals surface area contributed by atoms with E-state index in [2.05, 4.69) is 4.90 Å². The minimum Gasteiger partial charge on any atom is -0.480 e. The molecule has 1 heterocycles. The smallest absolute Gasteiger partial charge is 0.320 e. The average Bonchev–Trinajstić information content (AvgIpc) is 2.35. The van der Waals surface area contributed by atoms with E-state index in [-0.39, 0.29) is 6.04 Å². The highest BCUT2D eigenvalue weighted by atomic mass is 16.4. The second-order valence-electron chi connectivity index (χ2n) is 3.82. The minimum absolute atomic E-state index is 0.159. The van der Waals surface area contributed by atoms with Gasteiger partial charge in [0.2, 0.25) is 0 Å². The number of likely N-dealkylation sites (tertiary alicyclic amines) is 1. The lowest BCUT2D eigenvalue weighted by atomic mass is 9.99. The molecule has 3 heteroatoms. The third-order valence-corrected chi connectivity index (χ3v) is 3.14. The van der Waals surface area contributed by atoms with Crippen LogP contribution < -0.4 is 0 Å². The summed E-state index contributed by atoms with van der Waals surface area (Å²) in [5.41, 5.74) is 0. The van der Waals surface area contributed by atoms with Crippen molar-refractivity contribution in [3.8, 4) is 0 Å². The van der Waals surface area contributed by atoms with Gasteiger partial charge < -0.3 is 5.11 Å². The lowest BCUT2D eigenvalue weighted by molar-refractivity contribution is -0.150. The SMILES string of the molecule is O=C(O)C1CCN1C1CCCC1. The molecule has 0 aromatic heterocycles. The average molecular weight is 169 g/mol. The van der Waals surface area contributed by atoms with Crippen molar-refractivity contribution in [3.05, 3.63) is 0 Å². The topological polar surface area (TPSA) is 40.5 Å². The molecule has 1 unspecified atom stereocenters. The molecule has 0 spiro atoms. The summed E-state index contributed by atoms with van der Waals surface area (Å²) in [5, 5.41) is 8.82. The van der Waals surface area contributed by atoms with Gasteiger partial charge in [-0.15, -0.1) is 0 Å². The van der Waals surface area contributed by atoms with Gasteiger partial charge >= 0.3 is 5.97 Å².